The zero-order chi connectivity index (χ0) is 10.2. The lowest BCUT2D eigenvalue weighted by molar-refractivity contribution is 0.595. The summed E-state index contributed by atoms with van der Waals surface area (Å²) in [5, 5.41) is 0. The second-order valence-corrected chi connectivity index (χ2v) is 7.58. The molecule has 0 aliphatic rings. The third-order valence-electron chi connectivity index (χ3n) is 2.00. The maximum absolute atomic E-state index is 11.1. The number of unbranched alkanes of at least 4 members (excludes halogenated alkanes) is 5. The van der Waals surface area contributed by atoms with E-state index in [2.05, 4.69) is 6.92 Å². The van der Waals surface area contributed by atoms with Crippen LogP contribution in [-0.4, -0.2) is 20.4 Å². The third kappa shape index (κ3) is 8.63. The van der Waals surface area contributed by atoms with Crippen LogP contribution in [0.15, 0.2) is 0 Å². The van der Waals surface area contributed by atoms with Crippen LogP contribution >= 0.6 is 10.8 Å². The van der Waals surface area contributed by atoms with Crippen molar-refractivity contribution >= 4 is 19.7 Å². The van der Waals surface area contributed by atoms with E-state index in [1.807, 2.05) is 0 Å². The van der Waals surface area contributed by atoms with Crippen LogP contribution in [0.3, 0.4) is 0 Å². The Kier molecular flexibility index (Phi) is 7.86. The van der Waals surface area contributed by atoms with Gasteiger partial charge in [-0.1, -0.05) is 39.0 Å². The number of hydrogen-bond acceptors (Lipinski definition) is 3. The van der Waals surface area contributed by atoms with Gasteiger partial charge in [-0.3, -0.25) is 0 Å². The van der Waals surface area contributed by atoms with Crippen LogP contribution in [0.2, 0.25) is 0 Å². The largest absolute Gasteiger partial charge is 0.217 e. The molecule has 13 heavy (non-hydrogen) atoms. The first-order valence-corrected chi connectivity index (χ1v) is 8.30. The second-order valence-electron chi connectivity index (χ2n) is 3.20. The summed E-state index contributed by atoms with van der Waals surface area (Å²) in [7, 11) is -1.83. The molecule has 0 saturated carbocycles. The van der Waals surface area contributed by atoms with Crippen molar-refractivity contribution in [1.82, 2.24) is 0 Å². The highest BCUT2D eigenvalue weighted by molar-refractivity contribution is 8.71. The van der Waals surface area contributed by atoms with E-state index >= 15 is 0 Å². The first-order chi connectivity index (χ1) is 6.12. The Morgan fingerprint density at radius 1 is 1.00 bits per heavy atom. The Hall–Kier alpha value is 0.300. The lowest BCUT2D eigenvalue weighted by atomic mass is 10.1. The fraction of sp³-hybridized carbons (Fsp3) is 1.00. The van der Waals surface area contributed by atoms with Gasteiger partial charge in [0.25, 0.3) is 0 Å². The van der Waals surface area contributed by atoms with Gasteiger partial charge in [-0.05, 0) is 23.5 Å². The van der Waals surface area contributed by atoms with Crippen LogP contribution in [0.1, 0.15) is 45.4 Å². The smallest absolute Gasteiger partial charge is 0.201 e. The van der Waals surface area contributed by atoms with E-state index < -0.39 is 8.87 Å². The molecule has 0 aliphatic heterocycles. The van der Waals surface area contributed by atoms with E-state index in [1.54, 1.807) is 6.26 Å². The highest BCUT2D eigenvalue weighted by Gasteiger charge is 2.06. The maximum atomic E-state index is 11.1. The van der Waals surface area contributed by atoms with Gasteiger partial charge in [0.15, 0.2) is 0 Å². The molecule has 0 fully saturated rings. The lowest BCUT2D eigenvalue weighted by Gasteiger charge is -2.00. The normalized spacial score (nSPS) is 11.8. The van der Waals surface area contributed by atoms with Gasteiger partial charge in [0, 0.05) is 0 Å². The molecule has 0 aromatic rings. The Morgan fingerprint density at radius 2 is 1.54 bits per heavy atom. The Labute approximate surface area is 85.8 Å². The molecule has 0 spiro atoms. The lowest BCUT2D eigenvalue weighted by Crippen LogP contribution is -1.99. The van der Waals surface area contributed by atoms with E-state index in [4.69, 9.17) is 0 Å². The molecular weight excluding hydrogens is 204 g/mol. The highest BCUT2D eigenvalue weighted by Crippen LogP contribution is 2.12. The van der Waals surface area contributed by atoms with Gasteiger partial charge in [0.05, 0.1) is 5.75 Å². The zero-order valence-electron chi connectivity index (χ0n) is 8.58. The molecule has 0 amide bonds. The summed E-state index contributed by atoms with van der Waals surface area (Å²) in [5.74, 6) is 0.348. The van der Waals surface area contributed by atoms with Crippen molar-refractivity contribution in [3.8, 4) is 0 Å². The van der Waals surface area contributed by atoms with Crippen LogP contribution in [0, 0.1) is 0 Å². The molecule has 2 nitrogen and oxygen atoms in total. The van der Waals surface area contributed by atoms with Crippen molar-refractivity contribution in [3.63, 3.8) is 0 Å². The Balaban J connectivity index is 3.26. The minimum absolute atomic E-state index is 0.348. The average molecular weight is 224 g/mol. The molecule has 4 heteroatoms. The van der Waals surface area contributed by atoms with E-state index in [1.165, 1.54) is 25.7 Å². The van der Waals surface area contributed by atoms with Gasteiger partial charge < -0.3 is 0 Å². The van der Waals surface area contributed by atoms with Gasteiger partial charge in [0.2, 0.25) is 8.87 Å². The molecule has 80 valence electrons. The van der Waals surface area contributed by atoms with Crippen molar-refractivity contribution in [1.29, 1.82) is 0 Å². The van der Waals surface area contributed by atoms with Crippen LogP contribution in [0.25, 0.3) is 0 Å². The first kappa shape index (κ1) is 13.3. The molecule has 0 aromatic heterocycles. The summed E-state index contributed by atoms with van der Waals surface area (Å²) in [4.78, 5) is 0. The van der Waals surface area contributed by atoms with Crippen molar-refractivity contribution < 1.29 is 8.42 Å². The molecule has 0 unspecified atom stereocenters. The van der Waals surface area contributed by atoms with Gasteiger partial charge in [-0.15, -0.1) is 0 Å². The first-order valence-electron chi connectivity index (χ1n) is 4.90. The quantitative estimate of drug-likeness (QED) is 0.469. The molecule has 0 N–H and O–H groups in total. The fourth-order valence-electron chi connectivity index (χ4n) is 1.14. The molecule has 0 aromatic carbocycles. The third-order valence-corrected chi connectivity index (χ3v) is 5.32. The van der Waals surface area contributed by atoms with E-state index in [0.717, 1.165) is 23.6 Å². The average Bonchev–Trinajstić information content (AvgIpc) is 2.11. The number of hydrogen-bond donors (Lipinski definition) is 0. The molecule has 0 rings (SSSR count). The predicted molar refractivity (Wildman–Crippen MR) is 60.7 cm³/mol. The molecule has 0 bridgehead atoms. The molecular formula is C9H20O2S2. The van der Waals surface area contributed by atoms with Gasteiger partial charge in [-0.25, -0.2) is 8.42 Å². The van der Waals surface area contributed by atoms with Crippen molar-refractivity contribution in [3.05, 3.63) is 0 Å². The minimum atomic E-state index is -2.80. The van der Waals surface area contributed by atoms with Crippen molar-refractivity contribution in [2.24, 2.45) is 0 Å². The molecule has 0 heterocycles. The van der Waals surface area contributed by atoms with Crippen molar-refractivity contribution in [2.75, 3.05) is 12.0 Å². The topological polar surface area (TPSA) is 34.1 Å². The van der Waals surface area contributed by atoms with Crippen LogP contribution in [0.5, 0.6) is 0 Å². The maximum Gasteiger partial charge on any atom is 0.201 e. The SMILES string of the molecule is CCCCCCCCS(=O)(=O)SC. The van der Waals surface area contributed by atoms with Gasteiger partial charge in [-0.2, -0.15) is 0 Å². The Bertz CT molecular complexity index is 198. The van der Waals surface area contributed by atoms with E-state index in [0.29, 0.717) is 5.75 Å². The molecule has 0 radical (unpaired) electrons. The predicted octanol–water partition coefficient (Wildman–Crippen LogP) is 3.04. The minimum Gasteiger partial charge on any atom is -0.217 e. The van der Waals surface area contributed by atoms with E-state index in [9.17, 15) is 8.42 Å². The summed E-state index contributed by atoms with van der Waals surface area (Å²) in [6, 6.07) is 0. The van der Waals surface area contributed by atoms with Crippen LogP contribution in [-0.2, 0) is 8.87 Å². The highest BCUT2D eigenvalue weighted by atomic mass is 33.1. The Morgan fingerprint density at radius 3 is 2.08 bits per heavy atom. The summed E-state index contributed by atoms with van der Waals surface area (Å²) >= 11 is 0. The second kappa shape index (κ2) is 7.68. The summed E-state index contributed by atoms with van der Waals surface area (Å²) in [5.41, 5.74) is 0. The van der Waals surface area contributed by atoms with Gasteiger partial charge >= 0.3 is 0 Å². The van der Waals surface area contributed by atoms with Gasteiger partial charge in [0.1, 0.15) is 0 Å². The fourth-order valence-corrected chi connectivity index (χ4v) is 2.72. The zero-order valence-corrected chi connectivity index (χ0v) is 10.2. The van der Waals surface area contributed by atoms with Crippen molar-refractivity contribution in [2.45, 2.75) is 45.4 Å². The molecule has 0 aliphatic carbocycles. The van der Waals surface area contributed by atoms with E-state index in [-0.39, 0.29) is 0 Å². The molecule has 0 saturated heterocycles. The molecule has 0 atom stereocenters. The summed E-state index contributed by atoms with van der Waals surface area (Å²) in [6.45, 7) is 2.18. The van der Waals surface area contributed by atoms with Crippen LogP contribution < -0.4 is 0 Å². The van der Waals surface area contributed by atoms with Crippen LogP contribution in [0.4, 0.5) is 0 Å². The summed E-state index contributed by atoms with van der Waals surface area (Å²) < 4.78 is 22.1. The number of rotatable bonds is 8. The monoisotopic (exact) mass is 224 g/mol. The summed E-state index contributed by atoms with van der Waals surface area (Å²) in [6.07, 6.45) is 8.45. The standard InChI is InChI=1S/C9H20O2S2/c1-3-4-5-6-7-8-9-13(10,11)12-2/h3-9H2,1-2H3.